The standard InChI is InChI=1S/C15H23N3/c1-9-12(17-18-13(9)16)15-6-10-3-11(7-15)5-14(2,4-10)8-15/h10-11H,3-8H2,1-2H3,(H3,16,17,18). The Balaban J connectivity index is 1.82. The highest BCUT2D eigenvalue weighted by atomic mass is 15.2. The van der Waals surface area contributed by atoms with E-state index < -0.39 is 0 Å². The molecule has 0 amide bonds. The third-order valence-corrected chi connectivity index (χ3v) is 5.93. The Kier molecular flexibility index (Phi) is 1.89. The largest absolute Gasteiger partial charge is 0.382 e. The number of aromatic nitrogens is 2. The maximum Gasteiger partial charge on any atom is 0.148 e. The molecule has 3 nitrogen and oxygen atoms in total. The van der Waals surface area contributed by atoms with Crippen molar-refractivity contribution in [3.8, 4) is 0 Å². The Labute approximate surface area is 109 Å². The molecule has 1 heterocycles. The number of H-pyrrole nitrogens is 1. The highest BCUT2D eigenvalue weighted by molar-refractivity contribution is 5.45. The summed E-state index contributed by atoms with van der Waals surface area (Å²) in [4.78, 5) is 0. The Morgan fingerprint density at radius 1 is 1.22 bits per heavy atom. The van der Waals surface area contributed by atoms with Gasteiger partial charge < -0.3 is 5.73 Å². The molecule has 4 saturated carbocycles. The van der Waals surface area contributed by atoms with E-state index in [1.165, 1.54) is 49.8 Å². The van der Waals surface area contributed by atoms with E-state index >= 15 is 0 Å². The lowest BCUT2D eigenvalue weighted by Gasteiger charge is -2.61. The topological polar surface area (TPSA) is 54.7 Å². The van der Waals surface area contributed by atoms with Gasteiger partial charge in [-0.1, -0.05) is 6.92 Å². The van der Waals surface area contributed by atoms with E-state index in [0.29, 0.717) is 16.6 Å². The minimum Gasteiger partial charge on any atom is -0.382 e. The summed E-state index contributed by atoms with van der Waals surface area (Å²) in [7, 11) is 0. The van der Waals surface area contributed by atoms with E-state index in [0.717, 1.165) is 11.8 Å². The molecule has 5 rings (SSSR count). The van der Waals surface area contributed by atoms with E-state index in [1.54, 1.807) is 0 Å². The van der Waals surface area contributed by atoms with Crippen molar-refractivity contribution in [1.29, 1.82) is 0 Å². The van der Waals surface area contributed by atoms with Gasteiger partial charge in [0.05, 0.1) is 0 Å². The van der Waals surface area contributed by atoms with Crippen molar-refractivity contribution >= 4 is 5.82 Å². The van der Waals surface area contributed by atoms with Gasteiger partial charge >= 0.3 is 0 Å². The van der Waals surface area contributed by atoms with Gasteiger partial charge in [-0.3, -0.25) is 5.10 Å². The lowest BCUT2D eigenvalue weighted by Crippen LogP contribution is -2.53. The first-order chi connectivity index (χ1) is 8.50. The summed E-state index contributed by atoms with van der Waals surface area (Å²) in [6.45, 7) is 4.64. The number of rotatable bonds is 1. The van der Waals surface area contributed by atoms with Crippen molar-refractivity contribution in [3.05, 3.63) is 11.3 Å². The van der Waals surface area contributed by atoms with Gasteiger partial charge in [0.1, 0.15) is 5.82 Å². The number of nitrogens with two attached hydrogens (primary N) is 1. The minimum absolute atomic E-state index is 0.369. The predicted octanol–water partition coefficient (Wildman–Crippen LogP) is 3.16. The molecule has 4 bridgehead atoms. The van der Waals surface area contributed by atoms with E-state index in [2.05, 4.69) is 24.0 Å². The maximum absolute atomic E-state index is 5.95. The van der Waals surface area contributed by atoms with Crippen molar-refractivity contribution < 1.29 is 0 Å². The van der Waals surface area contributed by atoms with Crippen molar-refractivity contribution in [2.75, 3.05) is 5.73 Å². The number of nitrogens with zero attached hydrogens (tertiary/aromatic N) is 1. The molecule has 1 aromatic rings. The second-order valence-electron chi connectivity index (χ2n) is 7.66. The third-order valence-electron chi connectivity index (χ3n) is 5.93. The first-order valence-electron chi connectivity index (χ1n) is 7.31. The monoisotopic (exact) mass is 245 g/mol. The predicted molar refractivity (Wildman–Crippen MR) is 72.2 cm³/mol. The summed E-state index contributed by atoms with van der Waals surface area (Å²) < 4.78 is 0. The molecule has 0 aliphatic heterocycles. The summed E-state index contributed by atoms with van der Waals surface area (Å²) in [5.74, 6) is 2.59. The maximum atomic E-state index is 5.95. The fourth-order valence-electron chi connectivity index (χ4n) is 5.94. The van der Waals surface area contributed by atoms with Crippen LogP contribution in [-0.4, -0.2) is 10.2 Å². The number of anilines is 1. The van der Waals surface area contributed by atoms with Crippen LogP contribution in [-0.2, 0) is 5.41 Å². The zero-order chi connectivity index (χ0) is 12.5. The van der Waals surface area contributed by atoms with Crippen LogP contribution >= 0.6 is 0 Å². The van der Waals surface area contributed by atoms with Crippen LogP contribution in [0.25, 0.3) is 0 Å². The average molecular weight is 245 g/mol. The summed E-state index contributed by atoms with van der Waals surface area (Å²) in [6, 6.07) is 0. The van der Waals surface area contributed by atoms with Gasteiger partial charge in [-0.05, 0) is 62.7 Å². The molecule has 2 atom stereocenters. The first-order valence-corrected chi connectivity index (χ1v) is 7.31. The Hall–Kier alpha value is -0.990. The highest BCUT2D eigenvalue weighted by Crippen LogP contribution is 2.65. The van der Waals surface area contributed by atoms with Crippen LogP contribution in [0, 0.1) is 24.2 Å². The highest BCUT2D eigenvalue weighted by Gasteiger charge is 2.57. The molecule has 98 valence electrons. The fraction of sp³-hybridized carbons (Fsp3) is 0.800. The molecule has 3 N–H and O–H groups in total. The summed E-state index contributed by atoms with van der Waals surface area (Å²) in [5.41, 5.74) is 9.47. The van der Waals surface area contributed by atoms with Crippen LogP contribution in [0.2, 0.25) is 0 Å². The van der Waals surface area contributed by atoms with Crippen LogP contribution in [0.1, 0.15) is 56.7 Å². The molecule has 0 saturated heterocycles. The molecular formula is C15H23N3. The Morgan fingerprint density at radius 3 is 2.39 bits per heavy atom. The van der Waals surface area contributed by atoms with Gasteiger partial charge in [-0.15, -0.1) is 0 Å². The molecule has 0 radical (unpaired) electrons. The van der Waals surface area contributed by atoms with Crippen molar-refractivity contribution in [2.24, 2.45) is 17.3 Å². The zero-order valence-electron chi connectivity index (χ0n) is 11.4. The molecule has 0 spiro atoms. The molecule has 0 aromatic carbocycles. The van der Waals surface area contributed by atoms with Crippen LogP contribution in [0.3, 0.4) is 0 Å². The zero-order valence-corrected chi connectivity index (χ0v) is 11.4. The molecule has 2 unspecified atom stereocenters. The molecule has 4 aliphatic carbocycles. The van der Waals surface area contributed by atoms with E-state index in [-0.39, 0.29) is 0 Å². The van der Waals surface area contributed by atoms with Gasteiger partial charge in [0.2, 0.25) is 0 Å². The van der Waals surface area contributed by atoms with Crippen molar-refractivity contribution in [1.82, 2.24) is 10.2 Å². The van der Waals surface area contributed by atoms with Gasteiger partial charge in [0.25, 0.3) is 0 Å². The van der Waals surface area contributed by atoms with Gasteiger partial charge in [-0.25, -0.2) is 0 Å². The molecule has 3 heteroatoms. The SMILES string of the molecule is Cc1c(N)n[nH]c1C12CC3CC(CC(C)(C3)C1)C2. The summed E-state index contributed by atoms with van der Waals surface area (Å²) in [5, 5.41) is 7.52. The average Bonchev–Trinajstić information content (AvgIpc) is 2.56. The minimum atomic E-state index is 0.369. The van der Waals surface area contributed by atoms with E-state index in [1.807, 2.05) is 0 Å². The van der Waals surface area contributed by atoms with Gasteiger partial charge in [0, 0.05) is 16.7 Å². The number of hydrogen-bond acceptors (Lipinski definition) is 2. The number of nitrogen functional groups attached to an aromatic ring is 1. The second-order valence-corrected chi connectivity index (χ2v) is 7.66. The molecular weight excluding hydrogens is 222 g/mol. The Morgan fingerprint density at radius 2 is 1.89 bits per heavy atom. The van der Waals surface area contributed by atoms with Crippen LogP contribution in [0.5, 0.6) is 0 Å². The number of aromatic amines is 1. The Bertz CT molecular complexity index is 488. The second kappa shape index (κ2) is 3.12. The summed E-state index contributed by atoms with van der Waals surface area (Å²) in [6.07, 6.45) is 8.44. The van der Waals surface area contributed by atoms with Gasteiger partial charge in [0.15, 0.2) is 0 Å². The fourth-order valence-corrected chi connectivity index (χ4v) is 5.94. The van der Waals surface area contributed by atoms with Crippen molar-refractivity contribution in [3.63, 3.8) is 0 Å². The van der Waals surface area contributed by atoms with E-state index in [9.17, 15) is 0 Å². The third kappa shape index (κ3) is 1.28. The normalized spacial score (nSPS) is 45.7. The molecule has 18 heavy (non-hydrogen) atoms. The molecule has 1 aromatic heterocycles. The summed E-state index contributed by atoms with van der Waals surface area (Å²) >= 11 is 0. The first kappa shape index (κ1) is 10.9. The van der Waals surface area contributed by atoms with E-state index in [4.69, 9.17) is 5.73 Å². The van der Waals surface area contributed by atoms with Crippen molar-refractivity contribution in [2.45, 2.75) is 57.8 Å². The number of hydrogen-bond donors (Lipinski definition) is 2. The van der Waals surface area contributed by atoms with Gasteiger partial charge in [-0.2, -0.15) is 5.10 Å². The van der Waals surface area contributed by atoms with Crippen LogP contribution in [0.15, 0.2) is 0 Å². The van der Waals surface area contributed by atoms with Crippen LogP contribution in [0.4, 0.5) is 5.82 Å². The lowest BCUT2D eigenvalue weighted by atomic mass is 9.44. The van der Waals surface area contributed by atoms with Crippen LogP contribution < -0.4 is 5.73 Å². The smallest absolute Gasteiger partial charge is 0.148 e. The lowest BCUT2D eigenvalue weighted by molar-refractivity contribution is -0.0633. The number of nitrogens with one attached hydrogen (secondary N) is 1. The molecule has 4 aliphatic rings. The quantitative estimate of drug-likeness (QED) is 0.798. The molecule has 4 fully saturated rings.